The lowest BCUT2D eigenvalue weighted by Crippen LogP contribution is -2.29. The van der Waals surface area contributed by atoms with E-state index in [1.54, 1.807) is 0 Å². The van der Waals surface area contributed by atoms with Crippen molar-refractivity contribution < 1.29 is 0 Å². The van der Waals surface area contributed by atoms with Gasteiger partial charge in [0.05, 0.1) is 0 Å². The number of benzene rings is 1. The van der Waals surface area contributed by atoms with E-state index >= 15 is 0 Å². The van der Waals surface area contributed by atoms with E-state index in [4.69, 9.17) is 0 Å². The number of nitrogens with one attached hydrogen (secondary N) is 1. The number of aryl methyl sites for hydroxylation is 1. The molecule has 1 aliphatic rings. The highest BCUT2D eigenvalue weighted by Crippen LogP contribution is 2.37. The highest BCUT2D eigenvalue weighted by Gasteiger charge is 2.27. The van der Waals surface area contributed by atoms with Crippen LogP contribution in [0.5, 0.6) is 0 Å². The Balaban J connectivity index is 2.21. The van der Waals surface area contributed by atoms with E-state index in [-0.39, 0.29) is 0 Å². The highest BCUT2D eigenvalue weighted by atomic mass is 14.9. The normalized spacial score (nSPS) is 25.9. The molecule has 3 unspecified atom stereocenters. The van der Waals surface area contributed by atoms with Gasteiger partial charge in [-0.05, 0) is 49.3 Å². The van der Waals surface area contributed by atoms with Gasteiger partial charge < -0.3 is 5.32 Å². The fraction of sp³-hybridized carbons (Fsp3) is 0.647. The summed E-state index contributed by atoms with van der Waals surface area (Å²) < 4.78 is 0. The van der Waals surface area contributed by atoms with Gasteiger partial charge in [-0.25, -0.2) is 0 Å². The van der Waals surface area contributed by atoms with Gasteiger partial charge in [0.25, 0.3) is 0 Å². The number of hydrogen-bond donors (Lipinski definition) is 1. The third kappa shape index (κ3) is 2.95. The van der Waals surface area contributed by atoms with Crippen molar-refractivity contribution in [3.05, 3.63) is 35.4 Å². The first-order valence-electron chi connectivity index (χ1n) is 7.51. The molecule has 1 saturated carbocycles. The van der Waals surface area contributed by atoms with Crippen LogP contribution in [0.1, 0.15) is 56.7 Å². The molecule has 100 valence electrons. The van der Waals surface area contributed by atoms with Gasteiger partial charge in [-0.3, -0.25) is 0 Å². The molecular formula is C17H27N. The molecule has 1 aromatic carbocycles. The second-order valence-corrected chi connectivity index (χ2v) is 5.85. The van der Waals surface area contributed by atoms with Crippen molar-refractivity contribution in [1.82, 2.24) is 5.32 Å². The zero-order valence-corrected chi connectivity index (χ0v) is 12.1. The van der Waals surface area contributed by atoms with Crippen LogP contribution in [0.3, 0.4) is 0 Å². The summed E-state index contributed by atoms with van der Waals surface area (Å²) in [6.07, 6.45) is 6.72. The molecular weight excluding hydrogens is 218 g/mol. The summed E-state index contributed by atoms with van der Waals surface area (Å²) >= 11 is 0. The predicted octanol–water partition coefficient (Wildman–Crippen LogP) is 4.34. The van der Waals surface area contributed by atoms with Gasteiger partial charge in [-0.1, -0.05) is 51.0 Å². The smallest absolute Gasteiger partial charge is 0.0348 e. The van der Waals surface area contributed by atoms with Gasteiger partial charge in [-0.15, -0.1) is 0 Å². The summed E-state index contributed by atoms with van der Waals surface area (Å²) in [5.41, 5.74) is 3.04. The van der Waals surface area contributed by atoms with Gasteiger partial charge in [0.1, 0.15) is 0 Å². The molecule has 1 aromatic rings. The van der Waals surface area contributed by atoms with Crippen molar-refractivity contribution in [2.24, 2.45) is 11.8 Å². The first-order valence-corrected chi connectivity index (χ1v) is 7.51. The average molecular weight is 245 g/mol. The van der Waals surface area contributed by atoms with E-state index in [1.165, 1.54) is 36.8 Å². The lowest BCUT2D eigenvalue weighted by molar-refractivity contribution is 0.229. The molecule has 0 spiro atoms. The molecule has 1 heteroatoms. The molecule has 1 aliphatic carbocycles. The van der Waals surface area contributed by atoms with Gasteiger partial charge >= 0.3 is 0 Å². The minimum atomic E-state index is 0.545. The molecule has 0 heterocycles. The second kappa shape index (κ2) is 6.38. The SMILES string of the molecule is CCc1ccccc1C(NC)C1CCCC(C)C1. The minimum Gasteiger partial charge on any atom is -0.313 e. The molecule has 0 bridgehead atoms. The summed E-state index contributed by atoms with van der Waals surface area (Å²) in [6, 6.07) is 9.50. The van der Waals surface area contributed by atoms with Crippen LogP contribution in [0.2, 0.25) is 0 Å². The predicted molar refractivity (Wildman–Crippen MR) is 78.7 cm³/mol. The van der Waals surface area contributed by atoms with Crippen LogP contribution in [0, 0.1) is 11.8 Å². The molecule has 0 radical (unpaired) electrons. The summed E-state index contributed by atoms with van der Waals surface area (Å²) in [4.78, 5) is 0. The Hall–Kier alpha value is -0.820. The van der Waals surface area contributed by atoms with Crippen LogP contribution in [0.15, 0.2) is 24.3 Å². The van der Waals surface area contributed by atoms with Crippen LogP contribution in [0.25, 0.3) is 0 Å². The van der Waals surface area contributed by atoms with E-state index in [0.29, 0.717) is 6.04 Å². The van der Waals surface area contributed by atoms with Gasteiger partial charge in [0.2, 0.25) is 0 Å². The third-order valence-corrected chi connectivity index (χ3v) is 4.53. The van der Waals surface area contributed by atoms with Crippen molar-refractivity contribution in [2.75, 3.05) is 7.05 Å². The van der Waals surface area contributed by atoms with E-state index in [2.05, 4.69) is 50.5 Å². The second-order valence-electron chi connectivity index (χ2n) is 5.85. The lowest BCUT2D eigenvalue weighted by atomic mass is 9.76. The maximum Gasteiger partial charge on any atom is 0.0348 e. The highest BCUT2D eigenvalue weighted by molar-refractivity contribution is 5.30. The molecule has 1 fully saturated rings. The summed E-state index contributed by atoms with van der Waals surface area (Å²) in [6.45, 7) is 4.67. The monoisotopic (exact) mass is 245 g/mol. The quantitative estimate of drug-likeness (QED) is 0.832. The Morgan fingerprint density at radius 2 is 2.06 bits per heavy atom. The number of rotatable bonds is 4. The third-order valence-electron chi connectivity index (χ3n) is 4.53. The summed E-state index contributed by atoms with van der Waals surface area (Å²) in [5, 5.41) is 3.58. The Labute approximate surface area is 112 Å². The zero-order valence-electron chi connectivity index (χ0n) is 12.1. The van der Waals surface area contributed by atoms with E-state index < -0.39 is 0 Å². The van der Waals surface area contributed by atoms with Crippen molar-refractivity contribution in [2.45, 2.75) is 52.0 Å². The summed E-state index contributed by atoms with van der Waals surface area (Å²) in [5.74, 6) is 1.71. The van der Waals surface area contributed by atoms with Gasteiger partial charge in [0.15, 0.2) is 0 Å². The van der Waals surface area contributed by atoms with Crippen molar-refractivity contribution in [1.29, 1.82) is 0 Å². The van der Waals surface area contributed by atoms with E-state index in [1.807, 2.05) is 0 Å². The maximum absolute atomic E-state index is 3.58. The van der Waals surface area contributed by atoms with Crippen LogP contribution >= 0.6 is 0 Å². The Morgan fingerprint density at radius 1 is 1.28 bits per heavy atom. The number of hydrogen-bond acceptors (Lipinski definition) is 1. The molecule has 0 saturated heterocycles. The lowest BCUT2D eigenvalue weighted by Gasteiger charge is -2.34. The first-order chi connectivity index (χ1) is 8.76. The van der Waals surface area contributed by atoms with Crippen LogP contribution in [-0.2, 0) is 6.42 Å². The summed E-state index contributed by atoms with van der Waals surface area (Å²) in [7, 11) is 2.12. The van der Waals surface area contributed by atoms with E-state index in [9.17, 15) is 0 Å². The standard InChI is InChI=1S/C17H27N/c1-4-14-9-5-6-11-16(14)17(18-3)15-10-7-8-13(2)12-15/h5-6,9,11,13,15,17-18H,4,7-8,10,12H2,1-3H3. The van der Waals surface area contributed by atoms with Crippen LogP contribution in [-0.4, -0.2) is 7.05 Å². The van der Waals surface area contributed by atoms with E-state index in [0.717, 1.165) is 18.3 Å². The zero-order chi connectivity index (χ0) is 13.0. The minimum absolute atomic E-state index is 0.545. The topological polar surface area (TPSA) is 12.0 Å². The molecule has 18 heavy (non-hydrogen) atoms. The van der Waals surface area contributed by atoms with Gasteiger partial charge in [0, 0.05) is 6.04 Å². The van der Waals surface area contributed by atoms with Crippen LogP contribution < -0.4 is 5.32 Å². The fourth-order valence-corrected chi connectivity index (χ4v) is 3.59. The van der Waals surface area contributed by atoms with Gasteiger partial charge in [-0.2, -0.15) is 0 Å². The molecule has 0 aliphatic heterocycles. The molecule has 1 nitrogen and oxygen atoms in total. The van der Waals surface area contributed by atoms with Crippen molar-refractivity contribution in [3.8, 4) is 0 Å². The van der Waals surface area contributed by atoms with Crippen LogP contribution in [0.4, 0.5) is 0 Å². The Kier molecular flexibility index (Phi) is 4.82. The fourth-order valence-electron chi connectivity index (χ4n) is 3.59. The first kappa shape index (κ1) is 13.6. The molecule has 0 aromatic heterocycles. The van der Waals surface area contributed by atoms with Crippen molar-refractivity contribution >= 4 is 0 Å². The Morgan fingerprint density at radius 3 is 2.72 bits per heavy atom. The molecule has 2 rings (SSSR count). The molecule has 1 N–H and O–H groups in total. The Bertz CT molecular complexity index is 372. The maximum atomic E-state index is 3.58. The molecule has 0 amide bonds. The van der Waals surface area contributed by atoms with Crippen molar-refractivity contribution in [3.63, 3.8) is 0 Å². The molecule has 3 atom stereocenters. The average Bonchev–Trinajstić information content (AvgIpc) is 2.40. The largest absolute Gasteiger partial charge is 0.313 e.